The van der Waals surface area contributed by atoms with Gasteiger partial charge in [0.05, 0.1) is 6.61 Å². The highest BCUT2D eigenvalue weighted by Gasteiger charge is 2.31. The Bertz CT molecular complexity index is 510. The SMILES string of the molecule is O=S(=O)(/C=C/c1ccccc1)N1CCC[C@H]1CO. The summed E-state index contributed by atoms with van der Waals surface area (Å²) >= 11 is 0. The molecule has 0 radical (unpaired) electrons. The first-order valence-electron chi connectivity index (χ1n) is 5.99. The fourth-order valence-electron chi connectivity index (χ4n) is 2.13. The standard InChI is InChI=1S/C13H17NO3S/c15-11-13-7-4-9-14(13)18(16,17)10-8-12-5-2-1-3-6-12/h1-3,5-6,8,10,13,15H,4,7,9,11H2/b10-8+/t13-/m0/s1. The van der Waals surface area contributed by atoms with Crippen LogP contribution in [-0.4, -0.2) is 37.0 Å². The third kappa shape index (κ3) is 2.98. The molecule has 0 amide bonds. The molecule has 1 fully saturated rings. The Kier molecular flexibility index (Phi) is 4.16. The van der Waals surface area contributed by atoms with Crippen LogP contribution < -0.4 is 0 Å². The molecule has 1 aliphatic heterocycles. The van der Waals surface area contributed by atoms with Gasteiger partial charge in [-0.2, -0.15) is 4.31 Å². The molecule has 1 aromatic rings. The van der Waals surface area contributed by atoms with Gasteiger partial charge in [-0.15, -0.1) is 0 Å². The fourth-order valence-corrected chi connectivity index (χ4v) is 3.59. The largest absolute Gasteiger partial charge is 0.395 e. The number of benzene rings is 1. The summed E-state index contributed by atoms with van der Waals surface area (Å²) in [5, 5.41) is 10.4. The Labute approximate surface area is 108 Å². The summed E-state index contributed by atoms with van der Waals surface area (Å²) in [6.07, 6.45) is 3.13. The summed E-state index contributed by atoms with van der Waals surface area (Å²) in [5.74, 6) is 0. The van der Waals surface area contributed by atoms with Gasteiger partial charge >= 0.3 is 0 Å². The average molecular weight is 267 g/mol. The summed E-state index contributed by atoms with van der Waals surface area (Å²) in [4.78, 5) is 0. The molecule has 0 spiro atoms. The van der Waals surface area contributed by atoms with Crippen molar-refractivity contribution < 1.29 is 13.5 Å². The smallest absolute Gasteiger partial charge is 0.236 e. The molecule has 0 aromatic heterocycles. The second kappa shape index (κ2) is 5.65. The van der Waals surface area contributed by atoms with Crippen molar-refractivity contribution in [2.45, 2.75) is 18.9 Å². The van der Waals surface area contributed by atoms with Crippen LogP contribution in [-0.2, 0) is 10.0 Å². The Morgan fingerprint density at radius 1 is 1.33 bits per heavy atom. The summed E-state index contributed by atoms with van der Waals surface area (Å²) in [6.45, 7) is 0.380. The molecule has 18 heavy (non-hydrogen) atoms. The van der Waals surface area contributed by atoms with Crippen LogP contribution >= 0.6 is 0 Å². The molecule has 0 aliphatic carbocycles. The molecule has 1 saturated heterocycles. The Hall–Kier alpha value is -1.17. The molecule has 4 nitrogen and oxygen atoms in total. The van der Waals surface area contributed by atoms with Crippen molar-refractivity contribution in [3.8, 4) is 0 Å². The molecule has 1 aliphatic rings. The maximum Gasteiger partial charge on any atom is 0.236 e. The van der Waals surface area contributed by atoms with Gasteiger partial charge in [-0.25, -0.2) is 8.42 Å². The van der Waals surface area contributed by atoms with E-state index in [0.717, 1.165) is 18.4 Å². The maximum atomic E-state index is 12.1. The maximum absolute atomic E-state index is 12.1. The predicted octanol–water partition coefficient (Wildman–Crippen LogP) is 1.44. The Morgan fingerprint density at radius 3 is 2.72 bits per heavy atom. The first-order valence-corrected chi connectivity index (χ1v) is 7.49. The number of aliphatic hydroxyl groups is 1. The number of aliphatic hydroxyl groups excluding tert-OH is 1. The predicted molar refractivity (Wildman–Crippen MR) is 71.2 cm³/mol. The molecule has 98 valence electrons. The van der Waals surface area contributed by atoms with Crippen LogP contribution in [0.2, 0.25) is 0 Å². The first-order chi connectivity index (χ1) is 8.63. The van der Waals surface area contributed by atoms with Crippen molar-refractivity contribution in [3.63, 3.8) is 0 Å². The van der Waals surface area contributed by atoms with Gasteiger partial charge in [0.2, 0.25) is 10.0 Å². The van der Waals surface area contributed by atoms with Gasteiger partial charge in [0, 0.05) is 18.0 Å². The van der Waals surface area contributed by atoms with E-state index in [0.29, 0.717) is 6.54 Å². The van der Waals surface area contributed by atoms with Crippen LogP contribution in [0.3, 0.4) is 0 Å². The number of nitrogens with zero attached hydrogens (tertiary/aromatic N) is 1. The van der Waals surface area contributed by atoms with Crippen molar-refractivity contribution in [1.82, 2.24) is 4.31 Å². The number of hydrogen-bond donors (Lipinski definition) is 1. The molecule has 0 unspecified atom stereocenters. The fraction of sp³-hybridized carbons (Fsp3) is 0.385. The highest BCUT2D eigenvalue weighted by Crippen LogP contribution is 2.21. The van der Waals surface area contributed by atoms with Crippen LogP contribution in [0.5, 0.6) is 0 Å². The van der Waals surface area contributed by atoms with Crippen molar-refractivity contribution in [2.24, 2.45) is 0 Å². The molecule has 0 bridgehead atoms. The van der Waals surface area contributed by atoms with E-state index in [1.165, 1.54) is 9.71 Å². The van der Waals surface area contributed by atoms with Crippen molar-refractivity contribution in [2.75, 3.05) is 13.2 Å². The molecule has 2 rings (SSSR count). The number of sulfonamides is 1. The van der Waals surface area contributed by atoms with E-state index in [1.807, 2.05) is 30.3 Å². The van der Waals surface area contributed by atoms with Crippen LogP contribution in [0.4, 0.5) is 0 Å². The van der Waals surface area contributed by atoms with Crippen LogP contribution in [0.25, 0.3) is 6.08 Å². The van der Waals surface area contributed by atoms with Crippen molar-refractivity contribution >= 4 is 16.1 Å². The highest BCUT2D eigenvalue weighted by atomic mass is 32.2. The molecular weight excluding hydrogens is 250 g/mol. The molecule has 1 atom stereocenters. The minimum atomic E-state index is -3.43. The molecule has 5 heteroatoms. The second-order valence-corrected chi connectivity index (χ2v) is 6.12. The normalized spacial score (nSPS) is 21.7. The van der Waals surface area contributed by atoms with Gasteiger partial charge in [-0.05, 0) is 24.5 Å². The average Bonchev–Trinajstić information content (AvgIpc) is 2.87. The Balaban J connectivity index is 2.15. The van der Waals surface area contributed by atoms with E-state index in [-0.39, 0.29) is 12.6 Å². The zero-order valence-corrected chi connectivity index (χ0v) is 10.9. The van der Waals surface area contributed by atoms with Gasteiger partial charge in [0.1, 0.15) is 0 Å². The van der Waals surface area contributed by atoms with Gasteiger partial charge in [-0.1, -0.05) is 30.3 Å². The highest BCUT2D eigenvalue weighted by molar-refractivity contribution is 7.92. The summed E-state index contributed by atoms with van der Waals surface area (Å²) in [6, 6.07) is 9.03. The van der Waals surface area contributed by atoms with Crippen molar-refractivity contribution in [1.29, 1.82) is 0 Å². The topological polar surface area (TPSA) is 57.6 Å². The summed E-state index contributed by atoms with van der Waals surface area (Å²) in [7, 11) is -3.43. The molecule has 1 heterocycles. The third-order valence-corrected chi connectivity index (χ3v) is 4.71. The lowest BCUT2D eigenvalue weighted by Crippen LogP contribution is -2.36. The number of hydrogen-bond acceptors (Lipinski definition) is 3. The van der Waals surface area contributed by atoms with E-state index in [4.69, 9.17) is 5.11 Å². The van der Waals surface area contributed by atoms with Gasteiger partial charge in [0.15, 0.2) is 0 Å². The van der Waals surface area contributed by atoms with Crippen LogP contribution in [0.1, 0.15) is 18.4 Å². The van der Waals surface area contributed by atoms with Gasteiger partial charge in [0.25, 0.3) is 0 Å². The van der Waals surface area contributed by atoms with Crippen molar-refractivity contribution in [3.05, 3.63) is 41.3 Å². The summed E-state index contributed by atoms with van der Waals surface area (Å²) in [5.41, 5.74) is 0.848. The molecule has 1 aromatic carbocycles. The Morgan fingerprint density at radius 2 is 2.06 bits per heavy atom. The molecular formula is C13H17NO3S. The second-order valence-electron chi connectivity index (χ2n) is 4.35. The van der Waals surface area contributed by atoms with Gasteiger partial charge < -0.3 is 5.11 Å². The lowest BCUT2D eigenvalue weighted by molar-refractivity contribution is 0.214. The van der Waals surface area contributed by atoms with Gasteiger partial charge in [-0.3, -0.25) is 0 Å². The van der Waals surface area contributed by atoms with E-state index >= 15 is 0 Å². The van der Waals surface area contributed by atoms with Crippen LogP contribution in [0, 0.1) is 0 Å². The minimum absolute atomic E-state index is 0.113. The lowest BCUT2D eigenvalue weighted by atomic mass is 10.2. The zero-order valence-electron chi connectivity index (χ0n) is 10.1. The molecule has 1 N–H and O–H groups in total. The minimum Gasteiger partial charge on any atom is -0.395 e. The summed E-state index contributed by atoms with van der Waals surface area (Å²) < 4.78 is 25.6. The monoisotopic (exact) mass is 267 g/mol. The molecule has 0 saturated carbocycles. The first kappa shape index (κ1) is 13.3. The number of rotatable bonds is 4. The van der Waals surface area contributed by atoms with Crippen LogP contribution in [0.15, 0.2) is 35.7 Å². The van der Waals surface area contributed by atoms with E-state index in [1.54, 1.807) is 6.08 Å². The van der Waals surface area contributed by atoms with E-state index in [9.17, 15) is 8.42 Å². The van der Waals surface area contributed by atoms with E-state index in [2.05, 4.69) is 0 Å². The third-order valence-electron chi connectivity index (χ3n) is 3.09. The van der Waals surface area contributed by atoms with E-state index < -0.39 is 10.0 Å². The zero-order chi connectivity index (χ0) is 13.0. The quantitative estimate of drug-likeness (QED) is 0.898. The lowest BCUT2D eigenvalue weighted by Gasteiger charge is -2.20.